The molecule has 2 aliphatic rings. The minimum Gasteiger partial charge on any atom is -0.370 e. The van der Waals surface area contributed by atoms with Gasteiger partial charge in [0.05, 0.1) is 24.9 Å². The zero-order chi connectivity index (χ0) is 18.0. The molecule has 0 saturated carbocycles. The topological polar surface area (TPSA) is 27.7 Å². The summed E-state index contributed by atoms with van der Waals surface area (Å²) >= 11 is 0. The molecule has 0 N–H and O–H groups in total. The van der Waals surface area contributed by atoms with Crippen LogP contribution in [0, 0.1) is 17.6 Å². The molecule has 2 saturated heterocycles. The van der Waals surface area contributed by atoms with Gasteiger partial charge >= 0.3 is 0 Å². The minimum atomic E-state index is -0.710. The van der Waals surface area contributed by atoms with Crippen LogP contribution in [0.3, 0.4) is 0 Å². The smallest absolute Gasteiger partial charge is 0.163 e. The molecule has 0 bridgehead atoms. The molecule has 1 aromatic rings. The van der Waals surface area contributed by atoms with E-state index < -0.39 is 23.0 Å². The molecule has 0 aromatic heterocycles. The normalized spacial score (nSPS) is 31.6. The van der Waals surface area contributed by atoms with Gasteiger partial charge in [-0.1, -0.05) is 26.8 Å². The van der Waals surface area contributed by atoms with Crippen LogP contribution < -0.4 is 0 Å². The van der Waals surface area contributed by atoms with Crippen LogP contribution in [-0.2, 0) is 19.8 Å². The fraction of sp³-hybridized carbons (Fsp3) is 0.684. The summed E-state index contributed by atoms with van der Waals surface area (Å²) in [6.07, 6.45) is 1.23. The van der Waals surface area contributed by atoms with E-state index in [1.807, 2.05) is 34.6 Å². The number of halogens is 2. The first kappa shape index (κ1) is 19.3. The van der Waals surface area contributed by atoms with Crippen LogP contribution in [0.2, 0.25) is 0 Å². The lowest BCUT2D eigenvalue weighted by molar-refractivity contribution is -0.144. The number of hydrogen-bond donors (Lipinski definition) is 0. The Morgan fingerprint density at radius 2 is 1.83 bits per heavy atom. The van der Waals surface area contributed by atoms with E-state index in [1.165, 1.54) is 12.1 Å². The van der Waals surface area contributed by atoms with E-state index in [2.05, 4.69) is 0 Å². The van der Waals surface area contributed by atoms with Gasteiger partial charge in [-0.15, -0.1) is 0 Å². The molecule has 24 heavy (non-hydrogen) atoms. The standard InChI is InChI=1S/C17H22F2O3.C2H6/c1-4-17(13-6-5-12(18)7-14(13)19)8-11(9-21-17)15-10-20-16(2,3)22-15;1-2/h5-7,11,15H,4,8-10H2,1-3H3;1-2H3/t11-,15+,17+;/m0./s1. The molecule has 3 atom stereocenters. The summed E-state index contributed by atoms with van der Waals surface area (Å²) in [5.74, 6) is -1.56. The Kier molecular flexibility index (Phi) is 6.00. The van der Waals surface area contributed by atoms with Crippen molar-refractivity contribution in [2.75, 3.05) is 13.2 Å². The highest BCUT2D eigenvalue weighted by atomic mass is 19.1. The number of ether oxygens (including phenoxy) is 3. The third-order valence-corrected chi connectivity index (χ3v) is 4.71. The highest BCUT2D eigenvalue weighted by molar-refractivity contribution is 5.26. The third kappa shape index (κ3) is 3.79. The van der Waals surface area contributed by atoms with Crippen molar-refractivity contribution in [2.45, 2.75) is 65.0 Å². The van der Waals surface area contributed by atoms with Gasteiger partial charge in [-0.3, -0.25) is 0 Å². The summed E-state index contributed by atoms with van der Waals surface area (Å²) in [5, 5.41) is 0. The van der Waals surface area contributed by atoms with Gasteiger partial charge in [-0.2, -0.15) is 0 Å². The van der Waals surface area contributed by atoms with Crippen molar-refractivity contribution in [3.63, 3.8) is 0 Å². The predicted octanol–water partition coefficient (Wildman–Crippen LogP) is 4.78. The van der Waals surface area contributed by atoms with Crippen molar-refractivity contribution in [2.24, 2.45) is 5.92 Å². The van der Waals surface area contributed by atoms with Gasteiger partial charge in [-0.25, -0.2) is 8.78 Å². The molecule has 0 radical (unpaired) electrons. The van der Waals surface area contributed by atoms with E-state index in [1.54, 1.807) is 0 Å². The molecular weight excluding hydrogens is 314 g/mol. The molecular formula is C19H28F2O3. The summed E-state index contributed by atoms with van der Waals surface area (Å²) in [6.45, 7) is 10.7. The van der Waals surface area contributed by atoms with Gasteiger partial charge in [0, 0.05) is 17.5 Å². The van der Waals surface area contributed by atoms with Gasteiger partial charge in [-0.05, 0) is 32.8 Å². The van der Waals surface area contributed by atoms with E-state index in [0.29, 0.717) is 31.6 Å². The fourth-order valence-electron chi connectivity index (χ4n) is 3.48. The Morgan fingerprint density at radius 1 is 1.12 bits per heavy atom. The van der Waals surface area contributed by atoms with Crippen LogP contribution in [0.4, 0.5) is 8.78 Å². The van der Waals surface area contributed by atoms with Crippen LogP contribution in [0.25, 0.3) is 0 Å². The minimum absolute atomic E-state index is 0.0491. The molecule has 0 aliphatic carbocycles. The first-order valence-corrected chi connectivity index (χ1v) is 8.76. The van der Waals surface area contributed by atoms with Crippen molar-refractivity contribution in [3.8, 4) is 0 Å². The number of hydrogen-bond acceptors (Lipinski definition) is 3. The summed E-state index contributed by atoms with van der Waals surface area (Å²) < 4.78 is 44.8. The zero-order valence-electron chi connectivity index (χ0n) is 15.2. The van der Waals surface area contributed by atoms with Gasteiger partial charge in [0.2, 0.25) is 0 Å². The van der Waals surface area contributed by atoms with Crippen LogP contribution in [-0.4, -0.2) is 25.1 Å². The van der Waals surface area contributed by atoms with Gasteiger partial charge in [0.25, 0.3) is 0 Å². The zero-order valence-corrected chi connectivity index (χ0v) is 15.2. The largest absolute Gasteiger partial charge is 0.370 e. The molecule has 5 heteroatoms. The first-order valence-electron chi connectivity index (χ1n) is 8.76. The lowest BCUT2D eigenvalue weighted by atomic mass is 9.83. The lowest BCUT2D eigenvalue weighted by Crippen LogP contribution is -2.29. The lowest BCUT2D eigenvalue weighted by Gasteiger charge is -2.28. The predicted molar refractivity (Wildman–Crippen MR) is 88.6 cm³/mol. The maximum Gasteiger partial charge on any atom is 0.163 e. The average Bonchev–Trinajstić information content (AvgIpc) is 3.13. The van der Waals surface area contributed by atoms with Crippen LogP contribution in [0.1, 0.15) is 53.0 Å². The molecule has 0 spiro atoms. The van der Waals surface area contributed by atoms with Gasteiger partial charge in [0.15, 0.2) is 5.79 Å². The Bertz CT molecular complexity index is 562. The summed E-state index contributed by atoms with van der Waals surface area (Å²) in [4.78, 5) is 0. The second-order valence-corrected chi connectivity index (χ2v) is 6.61. The summed E-state index contributed by atoms with van der Waals surface area (Å²) in [7, 11) is 0. The third-order valence-electron chi connectivity index (χ3n) is 4.71. The fourth-order valence-corrected chi connectivity index (χ4v) is 3.48. The molecule has 136 valence electrons. The summed E-state index contributed by atoms with van der Waals surface area (Å²) in [6, 6.07) is 3.69. The van der Waals surface area contributed by atoms with Crippen molar-refractivity contribution in [3.05, 3.63) is 35.4 Å². The number of rotatable bonds is 3. The van der Waals surface area contributed by atoms with E-state index in [9.17, 15) is 8.78 Å². The molecule has 3 nitrogen and oxygen atoms in total. The second-order valence-electron chi connectivity index (χ2n) is 6.61. The van der Waals surface area contributed by atoms with E-state index in [-0.39, 0.29) is 12.0 Å². The quantitative estimate of drug-likeness (QED) is 0.791. The Hall–Kier alpha value is -1.04. The maximum absolute atomic E-state index is 14.2. The SMILES string of the molecule is CC.CC[C@]1(c2ccc(F)cc2F)C[C@H]([C@H]2COC(C)(C)O2)CO1. The molecule has 1 aromatic carbocycles. The Balaban J connectivity index is 0.00000100. The van der Waals surface area contributed by atoms with Crippen LogP contribution >= 0.6 is 0 Å². The maximum atomic E-state index is 14.2. The van der Waals surface area contributed by atoms with Gasteiger partial charge in [0.1, 0.15) is 11.6 Å². The highest BCUT2D eigenvalue weighted by Gasteiger charge is 2.48. The average molecular weight is 342 g/mol. The Morgan fingerprint density at radius 3 is 2.38 bits per heavy atom. The highest BCUT2D eigenvalue weighted by Crippen LogP contribution is 2.45. The molecule has 2 aliphatic heterocycles. The monoisotopic (exact) mass is 342 g/mol. The van der Waals surface area contributed by atoms with Crippen molar-refractivity contribution >= 4 is 0 Å². The van der Waals surface area contributed by atoms with E-state index >= 15 is 0 Å². The molecule has 0 amide bonds. The first-order chi connectivity index (χ1) is 11.4. The molecule has 0 unspecified atom stereocenters. The number of benzene rings is 1. The Labute approximate surface area is 143 Å². The van der Waals surface area contributed by atoms with Crippen molar-refractivity contribution in [1.29, 1.82) is 0 Å². The summed E-state index contributed by atoms with van der Waals surface area (Å²) in [5.41, 5.74) is -0.282. The van der Waals surface area contributed by atoms with Crippen molar-refractivity contribution < 1.29 is 23.0 Å². The van der Waals surface area contributed by atoms with Crippen molar-refractivity contribution in [1.82, 2.24) is 0 Å². The van der Waals surface area contributed by atoms with Crippen LogP contribution in [0.5, 0.6) is 0 Å². The molecule has 3 rings (SSSR count). The molecule has 2 heterocycles. The molecule has 2 fully saturated rings. The van der Waals surface area contributed by atoms with Crippen LogP contribution in [0.15, 0.2) is 18.2 Å². The van der Waals surface area contributed by atoms with E-state index in [0.717, 1.165) is 6.07 Å². The second kappa shape index (κ2) is 7.46. The van der Waals surface area contributed by atoms with E-state index in [4.69, 9.17) is 14.2 Å². The van der Waals surface area contributed by atoms with Gasteiger partial charge < -0.3 is 14.2 Å².